The lowest BCUT2D eigenvalue weighted by molar-refractivity contribution is 0.406. The van der Waals surface area contributed by atoms with E-state index in [4.69, 9.17) is 15.2 Å². The van der Waals surface area contributed by atoms with Crippen molar-refractivity contribution in [2.24, 2.45) is 0 Å². The van der Waals surface area contributed by atoms with Crippen molar-refractivity contribution < 1.29 is 9.47 Å². The van der Waals surface area contributed by atoms with Gasteiger partial charge in [-0.1, -0.05) is 12.1 Å². The lowest BCUT2D eigenvalue weighted by atomic mass is 10.0. The van der Waals surface area contributed by atoms with Crippen LogP contribution in [0, 0.1) is 0 Å². The second-order valence-corrected chi connectivity index (χ2v) is 4.35. The summed E-state index contributed by atoms with van der Waals surface area (Å²) in [6, 6.07) is 6.28. The highest BCUT2D eigenvalue weighted by molar-refractivity contribution is 5.49. The van der Waals surface area contributed by atoms with Gasteiger partial charge in [0, 0.05) is 18.5 Å². The number of hydrogen-bond donors (Lipinski definition) is 1. The molecule has 0 aliphatic carbocycles. The van der Waals surface area contributed by atoms with Gasteiger partial charge < -0.3 is 15.2 Å². The normalized spacial score (nSPS) is 27.7. The van der Waals surface area contributed by atoms with Crippen LogP contribution in [0.2, 0.25) is 0 Å². The van der Waals surface area contributed by atoms with E-state index in [1.165, 1.54) is 11.1 Å². The minimum Gasteiger partial charge on any atom is -0.399 e. The minimum atomic E-state index is 0.403. The number of rotatable bonds is 4. The van der Waals surface area contributed by atoms with Gasteiger partial charge in [-0.3, -0.25) is 0 Å². The third-order valence-electron chi connectivity index (χ3n) is 2.92. The summed E-state index contributed by atoms with van der Waals surface area (Å²) in [6.07, 6.45) is 2.81. The van der Waals surface area contributed by atoms with E-state index in [-0.39, 0.29) is 0 Å². The number of anilines is 1. The predicted octanol–water partition coefficient (Wildman–Crippen LogP) is 1.15. The Morgan fingerprint density at radius 1 is 1.13 bits per heavy atom. The molecule has 1 aromatic rings. The molecule has 15 heavy (non-hydrogen) atoms. The molecule has 3 nitrogen and oxygen atoms in total. The van der Waals surface area contributed by atoms with Crippen LogP contribution >= 0.6 is 0 Å². The molecule has 3 heteroatoms. The number of benzene rings is 1. The van der Waals surface area contributed by atoms with E-state index >= 15 is 0 Å². The smallest absolute Gasteiger partial charge is 0.0850 e. The van der Waals surface area contributed by atoms with Gasteiger partial charge in [0.05, 0.1) is 25.4 Å². The maximum Gasteiger partial charge on any atom is 0.0850 e. The van der Waals surface area contributed by atoms with E-state index < -0.39 is 0 Å². The quantitative estimate of drug-likeness (QED) is 0.592. The van der Waals surface area contributed by atoms with E-state index in [9.17, 15) is 0 Å². The fourth-order valence-electron chi connectivity index (χ4n) is 1.84. The van der Waals surface area contributed by atoms with E-state index in [1.807, 2.05) is 6.07 Å². The van der Waals surface area contributed by atoms with Crippen LogP contribution in [0.5, 0.6) is 0 Å². The van der Waals surface area contributed by atoms with Crippen LogP contribution in [0.1, 0.15) is 11.1 Å². The van der Waals surface area contributed by atoms with Gasteiger partial charge in [-0.2, -0.15) is 0 Å². The van der Waals surface area contributed by atoms with Crippen molar-refractivity contribution >= 4 is 5.69 Å². The number of ether oxygens (including phenoxy) is 2. The van der Waals surface area contributed by atoms with Crippen molar-refractivity contribution in [1.82, 2.24) is 0 Å². The molecule has 2 unspecified atom stereocenters. The summed E-state index contributed by atoms with van der Waals surface area (Å²) in [5, 5.41) is 0. The van der Waals surface area contributed by atoms with Gasteiger partial charge >= 0.3 is 0 Å². The third kappa shape index (κ3) is 2.30. The predicted molar refractivity (Wildman–Crippen MR) is 57.7 cm³/mol. The molecule has 80 valence electrons. The van der Waals surface area contributed by atoms with E-state index in [0.717, 1.165) is 31.7 Å². The molecule has 2 N–H and O–H groups in total. The molecule has 2 fully saturated rings. The lowest BCUT2D eigenvalue weighted by Gasteiger charge is -2.06. The van der Waals surface area contributed by atoms with Gasteiger partial charge in [0.2, 0.25) is 0 Å². The molecule has 2 aliphatic rings. The highest BCUT2D eigenvalue weighted by Crippen LogP contribution is 2.24. The zero-order chi connectivity index (χ0) is 10.3. The third-order valence-corrected chi connectivity index (χ3v) is 2.92. The minimum absolute atomic E-state index is 0.403. The summed E-state index contributed by atoms with van der Waals surface area (Å²) in [7, 11) is 0. The first-order valence-electron chi connectivity index (χ1n) is 5.42. The first-order valence-corrected chi connectivity index (χ1v) is 5.42. The highest BCUT2D eigenvalue weighted by Gasteiger charge is 2.25. The molecule has 0 spiro atoms. The molecule has 2 atom stereocenters. The molecule has 1 aromatic carbocycles. The van der Waals surface area contributed by atoms with Crippen LogP contribution < -0.4 is 5.73 Å². The van der Waals surface area contributed by atoms with E-state index in [1.54, 1.807) is 0 Å². The molecule has 3 rings (SSSR count). The Bertz CT molecular complexity index is 370. The zero-order valence-corrected chi connectivity index (χ0v) is 8.61. The second-order valence-electron chi connectivity index (χ2n) is 4.35. The largest absolute Gasteiger partial charge is 0.399 e. The van der Waals surface area contributed by atoms with Crippen molar-refractivity contribution in [3.63, 3.8) is 0 Å². The van der Waals surface area contributed by atoms with Crippen LogP contribution in [-0.4, -0.2) is 25.4 Å². The summed E-state index contributed by atoms with van der Waals surface area (Å²) in [6.45, 7) is 1.79. The molecule has 0 bridgehead atoms. The standard InChI is InChI=1S/C12H15NO2/c13-12-2-1-8(4-10-6-14-10)3-9(12)5-11-7-15-11/h1-3,10-11H,4-7,13H2. The molecular formula is C12H15NO2. The lowest BCUT2D eigenvalue weighted by Crippen LogP contribution is -2.01. The Morgan fingerprint density at radius 3 is 2.47 bits per heavy atom. The molecule has 0 amide bonds. The number of nitrogens with two attached hydrogens (primary N) is 1. The Hall–Kier alpha value is -1.06. The molecule has 2 saturated heterocycles. The summed E-state index contributed by atoms with van der Waals surface area (Å²) < 4.78 is 10.4. The van der Waals surface area contributed by atoms with E-state index in [0.29, 0.717) is 12.2 Å². The van der Waals surface area contributed by atoms with Crippen molar-refractivity contribution in [3.8, 4) is 0 Å². The van der Waals surface area contributed by atoms with Crippen LogP contribution in [0.15, 0.2) is 18.2 Å². The van der Waals surface area contributed by atoms with Gasteiger partial charge in [0.1, 0.15) is 0 Å². The summed E-state index contributed by atoms with van der Waals surface area (Å²) >= 11 is 0. The van der Waals surface area contributed by atoms with Crippen molar-refractivity contribution in [2.75, 3.05) is 18.9 Å². The van der Waals surface area contributed by atoms with Gasteiger partial charge in [-0.15, -0.1) is 0 Å². The van der Waals surface area contributed by atoms with Crippen LogP contribution in [-0.2, 0) is 22.3 Å². The highest BCUT2D eigenvalue weighted by atomic mass is 16.6. The fourth-order valence-corrected chi connectivity index (χ4v) is 1.84. The van der Waals surface area contributed by atoms with Gasteiger partial charge in [-0.05, 0) is 17.2 Å². The molecular weight excluding hydrogens is 190 g/mol. The first kappa shape index (κ1) is 9.19. The fraction of sp³-hybridized carbons (Fsp3) is 0.500. The van der Waals surface area contributed by atoms with Crippen LogP contribution in [0.3, 0.4) is 0 Å². The molecule has 2 aliphatic heterocycles. The van der Waals surface area contributed by atoms with Crippen molar-refractivity contribution in [2.45, 2.75) is 25.0 Å². The first-order chi connectivity index (χ1) is 7.31. The van der Waals surface area contributed by atoms with Crippen molar-refractivity contribution in [1.29, 1.82) is 0 Å². The van der Waals surface area contributed by atoms with Gasteiger partial charge in [0.15, 0.2) is 0 Å². The summed E-state index contributed by atoms with van der Waals surface area (Å²) in [4.78, 5) is 0. The Kier molecular flexibility index (Phi) is 2.15. The molecule has 0 saturated carbocycles. The molecule has 0 aromatic heterocycles. The number of nitrogen functional groups attached to an aromatic ring is 1. The topological polar surface area (TPSA) is 51.1 Å². The summed E-state index contributed by atoms with van der Waals surface area (Å²) in [5.41, 5.74) is 9.35. The van der Waals surface area contributed by atoms with E-state index in [2.05, 4.69) is 12.1 Å². The Balaban J connectivity index is 1.76. The summed E-state index contributed by atoms with van der Waals surface area (Å²) in [5.74, 6) is 0. The Morgan fingerprint density at radius 2 is 1.80 bits per heavy atom. The maximum absolute atomic E-state index is 5.93. The average molecular weight is 205 g/mol. The van der Waals surface area contributed by atoms with Crippen LogP contribution in [0.25, 0.3) is 0 Å². The average Bonchev–Trinajstić information content (AvgIpc) is 3.05. The number of hydrogen-bond acceptors (Lipinski definition) is 3. The van der Waals surface area contributed by atoms with Crippen molar-refractivity contribution in [3.05, 3.63) is 29.3 Å². The van der Waals surface area contributed by atoms with Gasteiger partial charge in [0.25, 0.3) is 0 Å². The molecule has 0 radical (unpaired) electrons. The molecule has 2 heterocycles. The Labute approximate surface area is 89.2 Å². The monoisotopic (exact) mass is 205 g/mol. The SMILES string of the molecule is Nc1ccc(CC2CO2)cc1CC1CO1. The maximum atomic E-state index is 5.93. The number of epoxide rings is 2. The second kappa shape index (κ2) is 3.51. The van der Waals surface area contributed by atoms with Crippen LogP contribution in [0.4, 0.5) is 5.69 Å². The zero-order valence-electron chi connectivity index (χ0n) is 8.61. The van der Waals surface area contributed by atoms with Gasteiger partial charge in [-0.25, -0.2) is 0 Å².